The van der Waals surface area contributed by atoms with E-state index in [1.54, 1.807) is 0 Å². The monoisotopic (exact) mass is 222 g/mol. The quantitative estimate of drug-likeness (QED) is 0.851. The third kappa shape index (κ3) is 2.95. The maximum atomic E-state index is 4.04. The van der Waals surface area contributed by atoms with Crippen LogP contribution in [0.15, 0.2) is 24.5 Å². The highest BCUT2D eigenvalue weighted by molar-refractivity contribution is 8.00. The zero-order chi connectivity index (χ0) is 10.7. The van der Waals surface area contributed by atoms with Crippen molar-refractivity contribution in [3.8, 4) is 0 Å². The second-order valence-electron chi connectivity index (χ2n) is 4.25. The average molecular weight is 222 g/mol. The van der Waals surface area contributed by atoms with Crippen LogP contribution < -0.4 is 5.32 Å². The molecule has 1 saturated heterocycles. The van der Waals surface area contributed by atoms with E-state index in [0.29, 0.717) is 12.1 Å². The minimum Gasteiger partial charge on any atom is -0.307 e. The van der Waals surface area contributed by atoms with Crippen molar-refractivity contribution < 1.29 is 0 Å². The van der Waals surface area contributed by atoms with Crippen LogP contribution in [-0.2, 0) is 0 Å². The first-order valence-electron chi connectivity index (χ1n) is 5.53. The van der Waals surface area contributed by atoms with Crippen LogP contribution in [0.25, 0.3) is 0 Å². The Morgan fingerprint density at radius 2 is 2.20 bits per heavy atom. The molecule has 3 heteroatoms. The molecule has 0 spiro atoms. The summed E-state index contributed by atoms with van der Waals surface area (Å²) in [5.41, 5.74) is 1.33. The van der Waals surface area contributed by atoms with Crippen LogP contribution in [0.4, 0.5) is 0 Å². The highest BCUT2D eigenvalue weighted by Gasteiger charge is 2.23. The van der Waals surface area contributed by atoms with E-state index in [1.807, 2.05) is 12.4 Å². The molecule has 0 radical (unpaired) electrons. The van der Waals surface area contributed by atoms with E-state index in [0.717, 1.165) is 5.25 Å². The summed E-state index contributed by atoms with van der Waals surface area (Å²) >= 11 is 2.07. The fourth-order valence-corrected chi connectivity index (χ4v) is 3.20. The van der Waals surface area contributed by atoms with Gasteiger partial charge in [0.1, 0.15) is 0 Å². The average Bonchev–Trinajstić information content (AvgIpc) is 2.65. The van der Waals surface area contributed by atoms with Gasteiger partial charge in [-0.2, -0.15) is 11.8 Å². The number of nitrogens with zero attached hydrogens (tertiary/aromatic N) is 1. The fourth-order valence-electron chi connectivity index (χ4n) is 2.04. The summed E-state index contributed by atoms with van der Waals surface area (Å²) in [6.45, 7) is 4.53. The van der Waals surface area contributed by atoms with E-state index in [2.05, 4.69) is 48.0 Å². The lowest BCUT2D eigenvalue weighted by Gasteiger charge is -2.19. The molecular formula is C12H18N2S. The molecule has 82 valence electrons. The number of aromatic nitrogens is 1. The van der Waals surface area contributed by atoms with Gasteiger partial charge in [-0.3, -0.25) is 4.98 Å². The first kappa shape index (κ1) is 11.0. The maximum absolute atomic E-state index is 4.04. The van der Waals surface area contributed by atoms with Crippen molar-refractivity contribution in [1.82, 2.24) is 10.3 Å². The van der Waals surface area contributed by atoms with Gasteiger partial charge in [0.15, 0.2) is 0 Å². The molecule has 2 unspecified atom stereocenters. The minimum absolute atomic E-state index is 0.434. The molecule has 15 heavy (non-hydrogen) atoms. The lowest BCUT2D eigenvalue weighted by atomic mass is 10.1. The van der Waals surface area contributed by atoms with E-state index in [-0.39, 0.29) is 0 Å². The van der Waals surface area contributed by atoms with E-state index in [9.17, 15) is 0 Å². The second kappa shape index (κ2) is 4.99. The van der Waals surface area contributed by atoms with Crippen molar-refractivity contribution in [3.05, 3.63) is 30.1 Å². The molecule has 3 atom stereocenters. The van der Waals surface area contributed by atoms with E-state index >= 15 is 0 Å². The zero-order valence-electron chi connectivity index (χ0n) is 9.31. The van der Waals surface area contributed by atoms with Crippen molar-refractivity contribution in [2.24, 2.45) is 0 Å². The third-order valence-electron chi connectivity index (χ3n) is 2.89. The number of thioether (sulfide) groups is 1. The molecule has 1 aliphatic heterocycles. The lowest BCUT2D eigenvalue weighted by Crippen LogP contribution is -2.31. The first-order valence-corrected chi connectivity index (χ1v) is 6.58. The topological polar surface area (TPSA) is 24.9 Å². The highest BCUT2D eigenvalue weighted by atomic mass is 32.2. The Kier molecular flexibility index (Phi) is 3.65. The summed E-state index contributed by atoms with van der Waals surface area (Å²) in [5.74, 6) is 1.25. The van der Waals surface area contributed by atoms with Crippen LogP contribution in [0.1, 0.15) is 31.9 Å². The summed E-state index contributed by atoms with van der Waals surface area (Å²) in [4.78, 5) is 4.04. The highest BCUT2D eigenvalue weighted by Crippen LogP contribution is 2.27. The van der Waals surface area contributed by atoms with Crippen LogP contribution in [0.5, 0.6) is 0 Å². The van der Waals surface area contributed by atoms with Gasteiger partial charge in [-0.15, -0.1) is 0 Å². The number of hydrogen-bond acceptors (Lipinski definition) is 3. The minimum atomic E-state index is 0.434. The Morgan fingerprint density at radius 1 is 1.47 bits per heavy atom. The largest absolute Gasteiger partial charge is 0.307 e. The Balaban J connectivity index is 1.90. The predicted octanol–water partition coefficient (Wildman–Crippen LogP) is 2.63. The van der Waals surface area contributed by atoms with Gasteiger partial charge < -0.3 is 5.32 Å². The molecule has 2 nitrogen and oxygen atoms in total. The fraction of sp³-hybridized carbons (Fsp3) is 0.583. The summed E-state index contributed by atoms with van der Waals surface area (Å²) in [7, 11) is 0. The van der Waals surface area contributed by atoms with Gasteiger partial charge in [0, 0.05) is 35.5 Å². The van der Waals surface area contributed by atoms with Gasteiger partial charge >= 0.3 is 0 Å². The van der Waals surface area contributed by atoms with Crippen molar-refractivity contribution in [2.75, 3.05) is 5.75 Å². The molecule has 0 amide bonds. The number of hydrogen-bond donors (Lipinski definition) is 1. The molecule has 0 aliphatic carbocycles. The summed E-state index contributed by atoms with van der Waals surface area (Å²) in [6, 6.07) is 5.28. The van der Waals surface area contributed by atoms with Crippen LogP contribution in [-0.4, -0.2) is 22.0 Å². The van der Waals surface area contributed by atoms with Gasteiger partial charge in [-0.05, 0) is 31.0 Å². The number of pyridine rings is 1. The van der Waals surface area contributed by atoms with Gasteiger partial charge in [-0.25, -0.2) is 0 Å². The zero-order valence-corrected chi connectivity index (χ0v) is 10.1. The SMILES string of the molecule is CC1CC(N[C@H](C)c2ccncc2)CS1. The molecule has 0 saturated carbocycles. The molecule has 1 aromatic heterocycles. The first-order chi connectivity index (χ1) is 7.25. The molecule has 0 aromatic carbocycles. The molecule has 2 rings (SSSR count). The van der Waals surface area contributed by atoms with Gasteiger partial charge in [0.2, 0.25) is 0 Å². The van der Waals surface area contributed by atoms with Crippen molar-refractivity contribution >= 4 is 11.8 Å². The smallest absolute Gasteiger partial charge is 0.0295 e. The van der Waals surface area contributed by atoms with Crippen LogP contribution in [0.3, 0.4) is 0 Å². The molecule has 0 bridgehead atoms. The second-order valence-corrected chi connectivity index (χ2v) is 5.72. The van der Waals surface area contributed by atoms with Crippen LogP contribution in [0.2, 0.25) is 0 Å². The third-order valence-corrected chi connectivity index (χ3v) is 4.25. The van der Waals surface area contributed by atoms with Gasteiger partial charge in [0.05, 0.1) is 0 Å². The molecule has 2 heterocycles. The maximum Gasteiger partial charge on any atom is 0.0295 e. The molecule has 1 aromatic rings. The van der Waals surface area contributed by atoms with Gasteiger partial charge in [0.25, 0.3) is 0 Å². The Morgan fingerprint density at radius 3 is 2.80 bits per heavy atom. The summed E-state index contributed by atoms with van der Waals surface area (Å²) in [5, 5.41) is 4.49. The van der Waals surface area contributed by atoms with E-state index in [4.69, 9.17) is 0 Å². The lowest BCUT2D eigenvalue weighted by molar-refractivity contribution is 0.474. The van der Waals surface area contributed by atoms with Crippen LogP contribution >= 0.6 is 11.8 Å². The standard InChI is InChI=1S/C12H18N2S/c1-9-7-12(8-15-9)14-10(2)11-3-5-13-6-4-11/h3-6,9-10,12,14H,7-8H2,1-2H3/t9?,10-,12?/m1/s1. The summed E-state index contributed by atoms with van der Waals surface area (Å²) in [6.07, 6.45) is 5.01. The normalized spacial score (nSPS) is 27.9. The van der Waals surface area contributed by atoms with Crippen LogP contribution in [0, 0.1) is 0 Å². The van der Waals surface area contributed by atoms with Gasteiger partial charge in [-0.1, -0.05) is 6.92 Å². The summed E-state index contributed by atoms with van der Waals surface area (Å²) < 4.78 is 0. The number of nitrogens with one attached hydrogen (secondary N) is 1. The van der Waals surface area contributed by atoms with E-state index in [1.165, 1.54) is 17.7 Å². The van der Waals surface area contributed by atoms with Crippen molar-refractivity contribution in [3.63, 3.8) is 0 Å². The Hall–Kier alpha value is -0.540. The molecule has 1 fully saturated rings. The van der Waals surface area contributed by atoms with Crippen molar-refractivity contribution in [1.29, 1.82) is 0 Å². The molecular weight excluding hydrogens is 204 g/mol. The molecule has 1 aliphatic rings. The number of rotatable bonds is 3. The molecule has 1 N–H and O–H groups in total. The predicted molar refractivity (Wildman–Crippen MR) is 66.1 cm³/mol. The Labute approximate surface area is 95.9 Å². The Bertz CT molecular complexity index is 302. The van der Waals surface area contributed by atoms with Crippen molar-refractivity contribution in [2.45, 2.75) is 37.6 Å². The van der Waals surface area contributed by atoms with E-state index < -0.39 is 0 Å².